The van der Waals surface area contributed by atoms with Gasteiger partial charge in [0.1, 0.15) is 12.3 Å². The minimum atomic E-state index is -1.08. The van der Waals surface area contributed by atoms with Crippen molar-refractivity contribution >= 4 is 11.9 Å². The first kappa shape index (κ1) is 12.0. The zero-order valence-electron chi connectivity index (χ0n) is 8.97. The standard InChI is InChI=1S/C9H12N2O5/c1-6-3-7(10-16-6)15-5-8(12)11(2)4-9(13)14/h3H,4-5H2,1-2H3,(H,13,14). The number of likely N-dealkylation sites (N-methyl/N-ethyl adjacent to an activating group) is 1. The average Bonchev–Trinajstić information content (AvgIpc) is 2.59. The molecule has 1 rings (SSSR count). The lowest BCUT2D eigenvalue weighted by Crippen LogP contribution is -2.35. The Morgan fingerprint density at radius 1 is 1.62 bits per heavy atom. The van der Waals surface area contributed by atoms with Gasteiger partial charge in [-0.1, -0.05) is 0 Å². The van der Waals surface area contributed by atoms with Crippen LogP contribution in [0.2, 0.25) is 0 Å². The number of nitrogens with zero attached hydrogens (tertiary/aromatic N) is 2. The maximum Gasteiger partial charge on any atom is 0.323 e. The van der Waals surface area contributed by atoms with Crippen molar-refractivity contribution in [2.75, 3.05) is 20.2 Å². The second-order valence-corrected chi connectivity index (χ2v) is 3.21. The molecule has 7 nitrogen and oxygen atoms in total. The number of hydrogen-bond donors (Lipinski definition) is 1. The SMILES string of the molecule is Cc1cc(OCC(=O)N(C)CC(=O)O)no1. The van der Waals surface area contributed by atoms with Crippen molar-refractivity contribution in [2.24, 2.45) is 0 Å². The van der Waals surface area contributed by atoms with Crippen molar-refractivity contribution in [2.45, 2.75) is 6.92 Å². The first-order chi connectivity index (χ1) is 7.49. The van der Waals surface area contributed by atoms with Gasteiger partial charge in [-0.05, 0) is 12.1 Å². The minimum Gasteiger partial charge on any atom is -0.480 e. The van der Waals surface area contributed by atoms with E-state index in [1.807, 2.05) is 0 Å². The number of ether oxygens (including phenoxy) is 1. The van der Waals surface area contributed by atoms with E-state index in [1.165, 1.54) is 13.1 Å². The second-order valence-electron chi connectivity index (χ2n) is 3.21. The highest BCUT2D eigenvalue weighted by molar-refractivity contribution is 5.82. The molecular weight excluding hydrogens is 216 g/mol. The summed E-state index contributed by atoms with van der Waals surface area (Å²) in [6.45, 7) is 1.06. The lowest BCUT2D eigenvalue weighted by atomic mass is 10.5. The van der Waals surface area contributed by atoms with Crippen LogP contribution in [0.25, 0.3) is 0 Å². The minimum absolute atomic E-state index is 0.203. The molecule has 0 unspecified atom stereocenters. The van der Waals surface area contributed by atoms with Gasteiger partial charge in [0.25, 0.3) is 11.8 Å². The molecule has 0 atom stereocenters. The summed E-state index contributed by atoms with van der Waals surface area (Å²) in [4.78, 5) is 22.7. The van der Waals surface area contributed by atoms with E-state index in [0.29, 0.717) is 5.76 Å². The van der Waals surface area contributed by atoms with Gasteiger partial charge in [-0.3, -0.25) is 9.59 Å². The molecule has 16 heavy (non-hydrogen) atoms. The number of rotatable bonds is 5. The fraction of sp³-hybridized carbons (Fsp3) is 0.444. The molecule has 1 aromatic rings. The van der Waals surface area contributed by atoms with Gasteiger partial charge in [-0.25, -0.2) is 0 Å². The average molecular weight is 228 g/mol. The lowest BCUT2D eigenvalue weighted by Gasteiger charge is -2.13. The Kier molecular flexibility index (Phi) is 3.87. The van der Waals surface area contributed by atoms with Crippen LogP contribution in [0.15, 0.2) is 10.6 Å². The highest BCUT2D eigenvalue weighted by atomic mass is 16.5. The highest BCUT2D eigenvalue weighted by Gasteiger charge is 2.13. The summed E-state index contributed by atoms with van der Waals surface area (Å²) in [5.41, 5.74) is 0. The highest BCUT2D eigenvalue weighted by Crippen LogP contribution is 2.09. The van der Waals surface area contributed by atoms with Crippen molar-refractivity contribution < 1.29 is 24.0 Å². The van der Waals surface area contributed by atoms with Crippen LogP contribution in [0.5, 0.6) is 5.88 Å². The largest absolute Gasteiger partial charge is 0.480 e. The number of hydrogen-bond acceptors (Lipinski definition) is 5. The van der Waals surface area contributed by atoms with E-state index in [9.17, 15) is 9.59 Å². The first-order valence-electron chi connectivity index (χ1n) is 4.51. The van der Waals surface area contributed by atoms with E-state index >= 15 is 0 Å². The summed E-state index contributed by atoms with van der Waals surface area (Å²) in [6.07, 6.45) is 0. The third kappa shape index (κ3) is 3.60. The van der Waals surface area contributed by atoms with Gasteiger partial charge < -0.3 is 19.3 Å². The Hall–Kier alpha value is -2.05. The van der Waals surface area contributed by atoms with Gasteiger partial charge in [-0.15, -0.1) is 0 Å². The monoisotopic (exact) mass is 228 g/mol. The maximum atomic E-state index is 11.3. The van der Waals surface area contributed by atoms with Crippen LogP contribution in [0.4, 0.5) is 0 Å². The number of aromatic nitrogens is 1. The molecule has 0 bridgehead atoms. The molecule has 0 aromatic carbocycles. The Balaban J connectivity index is 2.37. The molecule has 7 heteroatoms. The molecule has 0 aliphatic heterocycles. The molecule has 0 aliphatic carbocycles. The number of carboxylic acid groups (broad SMARTS) is 1. The van der Waals surface area contributed by atoms with Crippen molar-refractivity contribution in [3.8, 4) is 5.88 Å². The number of carbonyl (C=O) groups is 2. The Labute approximate surface area is 91.6 Å². The molecule has 0 saturated heterocycles. The smallest absolute Gasteiger partial charge is 0.323 e. The van der Waals surface area contributed by atoms with Gasteiger partial charge in [0.2, 0.25) is 0 Å². The van der Waals surface area contributed by atoms with Crippen molar-refractivity contribution in [3.63, 3.8) is 0 Å². The molecule has 1 heterocycles. The summed E-state index contributed by atoms with van der Waals surface area (Å²) in [5, 5.41) is 12.0. The van der Waals surface area contributed by atoms with Crippen molar-refractivity contribution in [1.82, 2.24) is 10.1 Å². The van der Waals surface area contributed by atoms with Crippen LogP contribution >= 0.6 is 0 Å². The van der Waals surface area contributed by atoms with Gasteiger partial charge in [0.05, 0.1) is 0 Å². The van der Waals surface area contributed by atoms with Crippen LogP contribution in [-0.2, 0) is 9.59 Å². The molecule has 0 saturated carbocycles. The van der Waals surface area contributed by atoms with E-state index < -0.39 is 11.9 Å². The van der Waals surface area contributed by atoms with E-state index in [4.69, 9.17) is 14.4 Å². The van der Waals surface area contributed by atoms with Crippen LogP contribution in [0.1, 0.15) is 5.76 Å². The number of aryl methyl sites for hydroxylation is 1. The maximum absolute atomic E-state index is 11.3. The Bertz CT molecular complexity index is 387. The number of carboxylic acids is 1. The summed E-state index contributed by atoms with van der Waals surface area (Å²) in [7, 11) is 1.38. The molecule has 1 aromatic heterocycles. The van der Waals surface area contributed by atoms with Gasteiger partial charge >= 0.3 is 5.97 Å². The molecule has 1 N–H and O–H groups in total. The topological polar surface area (TPSA) is 92.9 Å². The number of carbonyl (C=O) groups excluding carboxylic acids is 1. The molecule has 1 amide bonds. The first-order valence-corrected chi connectivity index (χ1v) is 4.51. The third-order valence-corrected chi connectivity index (χ3v) is 1.75. The van der Waals surface area contributed by atoms with Gasteiger partial charge in [0.15, 0.2) is 6.61 Å². The fourth-order valence-electron chi connectivity index (χ4n) is 0.949. The second kappa shape index (κ2) is 5.15. The molecule has 88 valence electrons. The van der Waals surface area contributed by atoms with E-state index in [0.717, 1.165) is 4.90 Å². The summed E-state index contributed by atoms with van der Waals surface area (Å²) in [6, 6.07) is 1.53. The zero-order chi connectivity index (χ0) is 12.1. The van der Waals surface area contributed by atoms with Crippen LogP contribution in [0.3, 0.4) is 0 Å². The van der Waals surface area contributed by atoms with Gasteiger partial charge in [-0.2, -0.15) is 0 Å². The van der Waals surface area contributed by atoms with Crippen molar-refractivity contribution in [1.29, 1.82) is 0 Å². The fourth-order valence-corrected chi connectivity index (χ4v) is 0.949. The molecule has 0 radical (unpaired) electrons. The predicted octanol–water partition coefficient (Wildman–Crippen LogP) is -0.0952. The van der Waals surface area contributed by atoms with Crippen LogP contribution in [0, 0.1) is 6.92 Å². The Morgan fingerprint density at radius 2 is 2.31 bits per heavy atom. The van der Waals surface area contributed by atoms with E-state index in [1.54, 1.807) is 6.92 Å². The molecule has 0 fully saturated rings. The van der Waals surface area contributed by atoms with E-state index in [-0.39, 0.29) is 19.0 Å². The third-order valence-electron chi connectivity index (χ3n) is 1.75. The number of aliphatic carboxylic acids is 1. The zero-order valence-corrected chi connectivity index (χ0v) is 8.97. The van der Waals surface area contributed by atoms with Crippen molar-refractivity contribution in [3.05, 3.63) is 11.8 Å². The summed E-state index contributed by atoms with van der Waals surface area (Å²) >= 11 is 0. The summed E-state index contributed by atoms with van der Waals surface area (Å²) < 4.78 is 9.73. The van der Waals surface area contributed by atoms with E-state index in [2.05, 4.69) is 5.16 Å². The lowest BCUT2D eigenvalue weighted by molar-refractivity contribution is -0.144. The van der Waals surface area contributed by atoms with Crippen LogP contribution in [-0.4, -0.2) is 47.2 Å². The normalized spacial score (nSPS) is 9.88. The van der Waals surface area contributed by atoms with Gasteiger partial charge in [0, 0.05) is 13.1 Å². The molecule has 0 aliphatic rings. The molecule has 0 spiro atoms. The summed E-state index contributed by atoms with van der Waals surface area (Å²) in [5.74, 6) is -0.743. The predicted molar refractivity (Wildman–Crippen MR) is 52.0 cm³/mol. The Morgan fingerprint density at radius 3 is 2.81 bits per heavy atom. The number of amides is 1. The van der Waals surface area contributed by atoms with Crippen LogP contribution < -0.4 is 4.74 Å². The molecular formula is C9H12N2O5. The quantitative estimate of drug-likeness (QED) is 0.756.